The number of Topliss-reactive ketones (excluding diaryl/α,β-unsaturated/α-hetero) is 2. The third-order valence-corrected chi connectivity index (χ3v) is 2.18. The van der Waals surface area contributed by atoms with Crippen LogP contribution in [0.3, 0.4) is 0 Å². The summed E-state index contributed by atoms with van der Waals surface area (Å²) in [5.41, 5.74) is 11.4. The van der Waals surface area contributed by atoms with Gasteiger partial charge in [0.25, 0.3) is 0 Å². The highest BCUT2D eigenvalue weighted by atomic mass is 16.1. The lowest BCUT2D eigenvalue weighted by Gasteiger charge is -2.16. The number of nitrogens with two attached hydrogens (primary N) is 2. The molecule has 74 valence electrons. The molecule has 0 atom stereocenters. The van der Waals surface area contributed by atoms with E-state index in [1.165, 1.54) is 13.0 Å². The van der Waals surface area contributed by atoms with Crippen molar-refractivity contribution in [3.8, 4) is 0 Å². The Labute approximate surface area is 82.0 Å². The van der Waals surface area contributed by atoms with Gasteiger partial charge in [-0.05, 0) is 13.3 Å². The Kier molecular flexibility index (Phi) is 2.56. The Morgan fingerprint density at radius 3 is 2.29 bits per heavy atom. The first kappa shape index (κ1) is 10.2. The predicted molar refractivity (Wildman–Crippen MR) is 52.9 cm³/mol. The molecule has 1 aliphatic carbocycles. The highest BCUT2D eigenvalue weighted by molar-refractivity contribution is 6.24. The van der Waals surface area contributed by atoms with Crippen LogP contribution in [0.25, 0.3) is 0 Å². The Balaban J connectivity index is 3.25. The van der Waals surface area contributed by atoms with Crippen LogP contribution in [0.1, 0.15) is 13.3 Å². The summed E-state index contributed by atoms with van der Waals surface area (Å²) < 4.78 is 0. The molecule has 0 spiro atoms. The molecule has 14 heavy (non-hydrogen) atoms. The first-order valence-corrected chi connectivity index (χ1v) is 4.16. The monoisotopic (exact) mass is 192 g/mol. The molecule has 0 saturated heterocycles. The third-order valence-electron chi connectivity index (χ3n) is 2.18. The van der Waals surface area contributed by atoms with E-state index in [4.69, 9.17) is 11.5 Å². The number of carbonyl (C=O) groups is 2. The normalized spacial score (nSPS) is 17.8. The summed E-state index contributed by atoms with van der Waals surface area (Å²) in [5, 5.41) is 0. The second-order valence-electron chi connectivity index (χ2n) is 3.08. The van der Waals surface area contributed by atoms with Gasteiger partial charge in [0.1, 0.15) is 0 Å². The number of allylic oxidation sites excluding steroid dienone is 3. The Morgan fingerprint density at radius 1 is 1.21 bits per heavy atom. The van der Waals surface area contributed by atoms with Gasteiger partial charge in [0.15, 0.2) is 0 Å². The van der Waals surface area contributed by atoms with Gasteiger partial charge in [0, 0.05) is 11.1 Å². The van der Waals surface area contributed by atoms with Gasteiger partial charge in [-0.1, -0.05) is 6.08 Å². The molecule has 0 aromatic rings. The van der Waals surface area contributed by atoms with Crippen molar-refractivity contribution in [1.29, 1.82) is 0 Å². The second-order valence-corrected chi connectivity index (χ2v) is 3.08. The van der Waals surface area contributed by atoms with Gasteiger partial charge in [0.2, 0.25) is 11.6 Å². The molecule has 0 aliphatic heterocycles. The van der Waals surface area contributed by atoms with Crippen molar-refractivity contribution in [1.82, 2.24) is 0 Å². The summed E-state index contributed by atoms with van der Waals surface area (Å²) in [4.78, 5) is 23.0. The van der Waals surface area contributed by atoms with Gasteiger partial charge in [0.05, 0.1) is 11.4 Å². The fourth-order valence-electron chi connectivity index (χ4n) is 1.26. The minimum Gasteiger partial charge on any atom is -0.395 e. The first-order chi connectivity index (χ1) is 6.50. The average Bonchev–Trinajstić information content (AvgIpc) is 2.19. The molecule has 0 saturated carbocycles. The van der Waals surface area contributed by atoms with E-state index in [0.717, 1.165) is 0 Å². The summed E-state index contributed by atoms with van der Waals surface area (Å²) in [6.45, 7) is 4.98. The second kappa shape index (κ2) is 3.49. The van der Waals surface area contributed by atoms with E-state index in [-0.39, 0.29) is 40.5 Å². The number of hydrogen-bond donors (Lipinski definition) is 2. The zero-order valence-corrected chi connectivity index (χ0v) is 7.96. The van der Waals surface area contributed by atoms with Gasteiger partial charge < -0.3 is 11.5 Å². The Hall–Kier alpha value is -1.84. The number of hydrogen-bond acceptors (Lipinski definition) is 4. The van der Waals surface area contributed by atoms with E-state index >= 15 is 0 Å². The standard InChI is InChI=1S/C10H12N2O2/c1-3-4-6-8(12)9(13)5(2)7(11)10(6)14/h3H,1,4,11-12H2,2H3. The van der Waals surface area contributed by atoms with Crippen molar-refractivity contribution in [2.45, 2.75) is 13.3 Å². The largest absolute Gasteiger partial charge is 0.395 e. The summed E-state index contributed by atoms with van der Waals surface area (Å²) in [7, 11) is 0. The predicted octanol–water partition coefficient (Wildman–Crippen LogP) is 0.160. The maximum absolute atomic E-state index is 11.6. The molecule has 1 rings (SSSR count). The zero-order valence-electron chi connectivity index (χ0n) is 7.96. The van der Waals surface area contributed by atoms with Crippen molar-refractivity contribution < 1.29 is 9.59 Å². The van der Waals surface area contributed by atoms with Gasteiger partial charge in [-0.2, -0.15) is 0 Å². The summed E-state index contributed by atoms with van der Waals surface area (Å²) >= 11 is 0. The van der Waals surface area contributed by atoms with Crippen LogP contribution >= 0.6 is 0 Å². The molecular weight excluding hydrogens is 180 g/mol. The molecule has 4 nitrogen and oxygen atoms in total. The number of carbonyl (C=O) groups excluding carboxylic acids is 2. The molecular formula is C10H12N2O2. The van der Waals surface area contributed by atoms with E-state index in [2.05, 4.69) is 6.58 Å². The Morgan fingerprint density at radius 2 is 1.79 bits per heavy atom. The van der Waals surface area contributed by atoms with Gasteiger partial charge >= 0.3 is 0 Å². The quantitative estimate of drug-likeness (QED) is 0.482. The van der Waals surface area contributed by atoms with E-state index < -0.39 is 0 Å². The molecule has 0 heterocycles. The Bertz CT molecular complexity index is 389. The van der Waals surface area contributed by atoms with Crippen LogP contribution in [0.5, 0.6) is 0 Å². The fraction of sp³-hybridized carbons (Fsp3) is 0.200. The molecule has 0 amide bonds. The molecule has 0 aromatic carbocycles. The molecule has 0 radical (unpaired) electrons. The lowest BCUT2D eigenvalue weighted by molar-refractivity contribution is -0.116. The van der Waals surface area contributed by atoms with Crippen LogP contribution in [0.15, 0.2) is 35.2 Å². The zero-order chi connectivity index (χ0) is 10.9. The maximum atomic E-state index is 11.6. The molecule has 0 unspecified atom stereocenters. The lowest BCUT2D eigenvalue weighted by Crippen LogP contribution is -2.30. The topological polar surface area (TPSA) is 86.2 Å². The summed E-state index contributed by atoms with van der Waals surface area (Å²) in [6, 6.07) is 0. The van der Waals surface area contributed by atoms with Crippen molar-refractivity contribution in [2.24, 2.45) is 11.5 Å². The van der Waals surface area contributed by atoms with Crippen LogP contribution in [0.4, 0.5) is 0 Å². The molecule has 0 bridgehead atoms. The molecule has 0 fully saturated rings. The van der Waals surface area contributed by atoms with Crippen LogP contribution < -0.4 is 11.5 Å². The summed E-state index contributed by atoms with van der Waals surface area (Å²) in [5.74, 6) is -0.724. The highest BCUT2D eigenvalue weighted by Crippen LogP contribution is 2.21. The molecule has 0 aromatic heterocycles. The van der Waals surface area contributed by atoms with Crippen molar-refractivity contribution in [3.05, 3.63) is 35.2 Å². The average molecular weight is 192 g/mol. The third kappa shape index (κ3) is 1.35. The van der Waals surface area contributed by atoms with Gasteiger partial charge in [-0.15, -0.1) is 6.58 Å². The fourth-order valence-corrected chi connectivity index (χ4v) is 1.26. The maximum Gasteiger partial charge on any atom is 0.207 e. The van der Waals surface area contributed by atoms with E-state index in [9.17, 15) is 9.59 Å². The van der Waals surface area contributed by atoms with E-state index in [1.807, 2.05) is 0 Å². The number of ketones is 2. The smallest absolute Gasteiger partial charge is 0.207 e. The van der Waals surface area contributed by atoms with E-state index in [1.54, 1.807) is 0 Å². The molecule has 1 aliphatic rings. The van der Waals surface area contributed by atoms with Crippen LogP contribution in [-0.2, 0) is 9.59 Å². The van der Waals surface area contributed by atoms with E-state index in [0.29, 0.717) is 0 Å². The minimum absolute atomic E-state index is 0.0124. The molecule has 4 heteroatoms. The van der Waals surface area contributed by atoms with Gasteiger partial charge in [-0.3, -0.25) is 9.59 Å². The van der Waals surface area contributed by atoms with Crippen molar-refractivity contribution in [3.63, 3.8) is 0 Å². The van der Waals surface area contributed by atoms with Crippen LogP contribution in [-0.4, -0.2) is 11.6 Å². The summed E-state index contributed by atoms with van der Waals surface area (Å²) in [6.07, 6.45) is 1.78. The highest BCUT2D eigenvalue weighted by Gasteiger charge is 2.28. The SMILES string of the molecule is C=CCC1=C(N)C(=O)C(C)=C(N)C1=O. The van der Waals surface area contributed by atoms with Crippen LogP contribution in [0.2, 0.25) is 0 Å². The van der Waals surface area contributed by atoms with Crippen LogP contribution in [0, 0.1) is 0 Å². The number of rotatable bonds is 2. The lowest BCUT2D eigenvalue weighted by atomic mass is 9.90. The molecule has 4 N–H and O–H groups in total. The van der Waals surface area contributed by atoms with Gasteiger partial charge in [-0.25, -0.2) is 0 Å². The van der Waals surface area contributed by atoms with Crippen molar-refractivity contribution >= 4 is 11.6 Å². The minimum atomic E-state index is -0.362. The first-order valence-electron chi connectivity index (χ1n) is 4.16. The van der Waals surface area contributed by atoms with Crippen molar-refractivity contribution in [2.75, 3.05) is 0 Å².